The van der Waals surface area contributed by atoms with Gasteiger partial charge in [0.15, 0.2) is 0 Å². The molecule has 1 unspecified atom stereocenters. The van der Waals surface area contributed by atoms with Gasteiger partial charge in [-0.25, -0.2) is 0 Å². The maximum absolute atomic E-state index is 5.98. The first kappa shape index (κ1) is 14.6. The zero-order valence-electron chi connectivity index (χ0n) is 12.0. The first-order valence-electron chi connectivity index (χ1n) is 7.51. The standard InChI is InChI=1S/C18H20BrNO/c19-17-11-16(15-6-2-1-3-7-15)8-9-18(17)21-13-14-5-4-10-20-12-14/h1-3,6-9,11,14,20H,4-5,10,12-13H2. The third-order valence-electron chi connectivity index (χ3n) is 3.91. The Morgan fingerprint density at radius 1 is 1.10 bits per heavy atom. The summed E-state index contributed by atoms with van der Waals surface area (Å²) in [4.78, 5) is 0. The minimum atomic E-state index is 0.624. The monoisotopic (exact) mass is 345 g/mol. The van der Waals surface area contributed by atoms with Crippen molar-refractivity contribution in [1.82, 2.24) is 5.32 Å². The van der Waals surface area contributed by atoms with Gasteiger partial charge in [-0.05, 0) is 58.6 Å². The Bertz CT molecular complexity index is 579. The molecule has 0 aliphatic carbocycles. The molecule has 1 aliphatic heterocycles. The van der Waals surface area contributed by atoms with E-state index in [-0.39, 0.29) is 0 Å². The summed E-state index contributed by atoms with van der Waals surface area (Å²) in [6, 6.07) is 16.7. The van der Waals surface area contributed by atoms with E-state index in [1.807, 2.05) is 6.07 Å². The molecule has 110 valence electrons. The van der Waals surface area contributed by atoms with Gasteiger partial charge >= 0.3 is 0 Å². The fraction of sp³-hybridized carbons (Fsp3) is 0.333. The first-order valence-corrected chi connectivity index (χ1v) is 8.31. The van der Waals surface area contributed by atoms with Crippen LogP contribution in [-0.4, -0.2) is 19.7 Å². The van der Waals surface area contributed by atoms with Crippen molar-refractivity contribution in [2.75, 3.05) is 19.7 Å². The Morgan fingerprint density at radius 2 is 1.95 bits per heavy atom. The minimum absolute atomic E-state index is 0.624. The van der Waals surface area contributed by atoms with Crippen LogP contribution in [0.4, 0.5) is 0 Å². The van der Waals surface area contributed by atoms with Gasteiger partial charge in [-0.1, -0.05) is 36.4 Å². The van der Waals surface area contributed by atoms with Gasteiger partial charge in [-0.15, -0.1) is 0 Å². The summed E-state index contributed by atoms with van der Waals surface area (Å²) in [5.74, 6) is 1.56. The molecule has 1 aliphatic rings. The van der Waals surface area contributed by atoms with Crippen LogP contribution in [0.25, 0.3) is 11.1 Å². The molecule has 0 amide bonds. The second kappa shape index (κ2) is 7.10. The SMILES string of the molecule is Brc1cc(-c2ccccc2)ccc1OCC1CCCNC1. The van der Waals surface area contributed by atoms with Crippen LogP contribution in [0.3, 0.4) is 0 Å². The lowest BCUT2D eigenvalue weighted by molar-refractivity contribution is 0.217. The summed E-state index contributed by atoms with van der Waals surface area (Å²) in [5, 5.41) is 3.42. The van der Waals surface area contributed by atoms with Crippen molar-refractivity contribution < 1.29 is 4.74 Å². The second-order valence-corrected chi connectivity index (χ2v) is 6.39. The van der Waals surface area contributed by atoms with Crippen molar-refractivity contribution in [3.05, 3.63) is 53.0 Å². The number of piperidine rings is 1. The fourth-order valence-electron chi connectivity index (χ4n) is 2.70. The molecule has 0 bridgehead atoms. The van der Waals surface area contributed by atoms with Crippen LogP contribution >= 0.6 is 15.9 Å². The molecule has 3 heteroatoms. The number of rotatable bonds is 4. The molecule has 1 saturated heterocycles. The van der Waals surface area contributed by atoms with Crippen molar-refractivity contribution in [2.45, 2.75) is 12.8 Å². The van der Waals surface area contributed by atoms with Crippen molar-refractivity contribution in [3.63, 3.8) is 0 Å². The van der Waals surface area contributed by atoms with Gasteiger partial charge in [-0.3, -0.25) is 0 Å². The maximum Gasteiger partial charge on any atom is 0.133 e. The molecule has 3 rings (SSSR count). The quantitative estimate of drug-likeness (QED) is 0.880. The molecule has 0 radical (unpaired) electrons. The number of halogens is 1. The highest BCUT2D eigenvalue weighted by Crippen LogP contribution is 2.31. The van der Waals surface area contributed by atoms with E-state index in [2.05, 4.69) is 63.7 Å². The van der Waals surface area contributed by atoms with Gasteiger partial charge in [0.25, 0.3) is 0 Å². The number of hydrogen-bond acceptors (Lipinski definition) is 2. The van der Waals surface area contributed by atoms with E-state index in [0.717, 1.165) is 29.9 Å². The highest BCUT2D eigenvalue weighted by Gasteiger charge is 2.14. The van der Waals surface area contributed by atoms with E-state index in [4.69, 9.17) is 4.74 Å². The second-order valence-electron chi connectivity index (χ2n) is 5.53. The van der Waals surface area contributed by atoms with Crippen LogP contribution < -0.4 is 10.1 Å². The molecule has 2 aromatic carbocycles. The Hall–Kier alpha value is -1.32. The zero-order valence-corrected chi connectivity index (χ0v) is 13.6. The summed E-state index contributed by atoms with van der Waals surface area (Å²) >= 11 is 3.63. The number of ether oxygens (including phenoxy) is 1. The molecule has 0 saturated carbocycles. The summed E-state index contributed by atoms with van der Waals surface area (Å²) < 4.78 is 7.00. The topological polar surface area (TPSA) is 21.3 Å². The third kappa shape index (κ3) is 3.86. The average Bonchev–Trinajstić information content (AvgIpc) is 2.55. The Kier molecular flexibility index (Phi) is 4.94. The highest BCUT2D eigenvalue weighted by molar-refractivity contribution is 9.10. The van der Waals surface area contributed by atoms with Crippen molar-refractivity contribution in [3.8, 4) is 16.9 Å². The number of benzene rings is 2. The molecular weight excluding hydrogens is 326 g/mol. The Labute approximate surface area is 134 Å². The minimum Gasteiger partial charge on any atom is -0.492 e. The molecule has 0 spiro atoms. The van der Waals surface area contributed by atoms with Crippen molar-refractivity contribution in [1.29, 1.82) is 0 Å². The zero-order chi connectivity index (χ0) is 14.5. The molecule has 0 aromatic heterocycles. The van der Waals surface area contributed by atoms with Gasteiger partial charge in [-0.2, -0.15) is 0 Å². The van der Waals surface area contributed by atoms with Gasteiger partial charge < -0.3 is 10.1 Å². The van der Waals surface area contributed by atoms with Crippen molar-refractivity contribution in [2.24, 2.45) is 5.92 Å². The van der Waals surface area contributed by atoms with E-state index in [1.165, 1.54) is 24.0 Å². The highest BCUT2D eigenvalue weighted by atomic mass is 79.9. The largest absolute Gasteiger partial charge is 0.492 e. The lowest BCUT2D eigenvalue weighted by Gasteiger charge is -2.23. The number of nitrogens with one attached hydrogen (secondary N) is 1. The maximum atomic E-state index is 5.98. The Balaban J connectivity index is 1.67. The predicted molar refractivity (Wildman–Crippen MR) is 90.7 cm³/mol. The summed E-state index contributed by atoms with van der Waals surface area (Å²) in [6.45, 7) is 3.00. The predicted octanol–water partition coefficient (Wildman–Crippen LogP) is 4.49. The van der Waals surface area contributed by atoms with E-state index in [0.29, 0.717) is 5.92 Å². The van der Waals surface area contributed by atoms with Crippen LogP contribution in [0, 0.1) is 5.92 Å². The van der Waals surface area contributed by atoms with Crippen molar-refractivity contribution >= 4 is 15.9 Å². The molecule has 1 atom stereocenters. The van der Waals surface area contributed by atoms with Crippen LogP contribution in [0.15, 0.2) is 53.0 Å². The van der Waals surface area contributed by atoms with E-state index in [1.54, 1.807) is 0 Å². The third-order valence-corrected chi connectivity index (χ3v) is 4.53. The smallest absolute Gasteiger partial charge is 0.133 e. The molecule has 1 N–H and O–H groups in total. The van der Waals surface area contributed by atoms with Gasteiger partial charge in [0.1, 0.15) is 5.75 Å². The molecule has 2 nitrogen and oxygen atoms in total. The van der Waals surface area contributed by atoms with E-state index < -0.39 is 0 Å². The fourth-order valence-corrected chi connectivity index (χ4v) is 3.20. The lowest BCUT2D eigenvalue weighted by Crippen LogP contribution is -2.33. The summed E-state index contributed by atoms with van der Waals surface area (Å²) in [7, 11) is 0. The van der Waals surface area contributed by atoms with Crippen LogP contribution in [-0.2, 0) is 0 Å². The summed E-state index contributed by atoms with van der Waals surface area (Å²) in [6.07, 6.45) is 2.51. The lowest BCUT2D eigenvalue weighted by atomic mass is 10.0. The van der Waals surface area contributed by atoms with E-state index in [9.17, 15) is 0 Å². The van der Waals surface area contributed by atoms with E-state index >= 15 is 0 Å². The number of hydrogen-bond donors (Lipinski definition) is 1. The molecule has 21 heavy (non-hydrogen) atoms. The molecule has 1 heterocycles. The Morgan fingerprint density at radius 3 is 2.67 bits per heavy atom. The normalized spacial score (nSPS) is 18.4. The van der Waals surface area contributed by atoms with Gasteiger partial charge in [0.2, 0.25) is 0 Å². The van der Waals surface area contributed by atoms with Crippen LogP contribution in [0.2, 0.25) is 0 Å². The van der Waals surface area contributed by atoms with Gasteiger partial charge in [0.05, 0.1) is 11.1 Å². The summed E-state index contributed by atoms with van der Waals surface area (Å²) in [5.41, 5.74) is 2.43. The van der Waals surface area contributed by atoms with Gasteiger partial charge in [0, 0.05) is 12.5 Å². The molecule has 1 fully saturated rings. The molecular formula is C18H20BrNO. The first-order chi connectivity index (χ1) is 10.3. The van der Waals surface area contributed by atoms with Crippen LogP contribution in [0.5, 0.6) is 5.75 Å². The van der Waals surface area contributed by atoms with Crippen LogP contribution in [0.1, 0.15) is 12.8 Å². The molecule has 2 aromatic rings. The average molecular weight is 346 g/mol.